The molecule has 0 bridgehead atoms. The van der Waals surface area contributed by atoms with Crippen molar-refractivity contribution in [2.75, 3.05) is 11.9 Å². The van der Waals surface area contributed by atoms with Crippen molar-refractivity contribution in [2.24, 2.45) is 7.05 Å². The van der Waals surface area contributed by atoms with Gasteiger partial charge in [-0.1, -0.05) is 30.0 Å². The number of nitrogens with one attached hydrogen (secondary N) is 1. The number of aromatic nitrogens is 4. The summed E-state index contributed by atoms with van der Waals surface area (Å²) >= 11 is 2.88. The molecule has 3 heterocycles. The molecule has 1 unspecified atom stereocenters. The highest BCUT2D eigenvalue weighted by Crippen LogP contribution is 2.36. The molecule has 0 aliphatic heterocycles. The number of benzene rings is 1. The maximum Gasteiger partial charge on any atom is 0.217 e. The second-order valence-corrected chi connectivity index (χ2v) is 8.23. The van der Waals surface area contributed by atoms with E-state index in [4.69, 9.17) is 9.84 Å². The minimum absolute atomic E-state index is 0.387. The predicted octanol–water partition coefficient (Wildman–Crippen LogP) is 3.98. The fourth-order valence-electron chi connectivity index (χ4n) is 2.54. The first-order valence-electron chi connectivity index (χ1n) is 9.02. The summed E-state index contributed by atoms with van der Waals surface area (Å²) in [6.07, 6.45) is 2.40. The lowest BCUT2D eigenvalue weighted by atomic mass is 10.3. The predicted molar refractivity (Wildman–Crippen MR) is 116 cm³/mol. The van der Waals surface area contributed by atoms with Crippen LogP contribution in [0.5, 0.6) is 11.6 Å². The maximum absolute atomic E-state index is 9.76. The van der Waals surface area contributed by atoms with Crippen molar-refractivity contribution < 1.29 is 14.9 Å². The van der Waals surface area contributed by atoms with E-state index in [1.54, 1.807) is 47.3 Å². The number of ether oxygens (including phenoxy) is 1. The molecule has 4 rings (SSSR count). The van der Waals surface area contributed by atoms with Crippen LogP contribution in [0.15, 0.2) is 70.0 Å². The van der Waals surface area contributed by atoms with E-state index in [0.717, 1.165) is 9.79 Å². The van der Waals surface area contributed by atoms with Gasteiger partial charge in [0, 0.05) is 40.5 Å². The number of aryl methyl sites for hydroxylation is 1. The molecule has 0 radical (unpaired) electrons. The lowest BCUT2D eigenvalue weighted by molar-refractivity contribution is 0.0928. The number of aliphatic hydroxyl groups excluding tert-OH is 2. The third kappa shape index (κ3) is 4.79. The van der Waals surface area contributed by atoms with Crippen molar-refractivity contribution in [1.82, 2.24) is 19.7 Å². The molecule has 3 aromatic heterocycles. The van der Waals surface area contributed by atoms with Gasteiger partial charge >= 0.3 is 0 Å². The van der Waals surface area contributed by atoms with Crippen molar-refractivity contribution in [3.8, 4) is 11.6 Å². The average molecular weight is 442 g/mol. The Labute approximate surface area is 181 Å². The third-order valence-corrected chi connectivity index (χ3v) is 5.80. The van der Waals surface area contributed by atoms with Crippen LogP contribution in [0.4, 0.5) is 10.9 Å². The van der Waals surface area contributed by atoms with Crippen LogP contribution in [-0.2, 0) is 7.05 Å². The van der Waals surface area contributed by atoms with E-state index in [1.807, 2.05) is 36.4 Å². The summed E-state index contributed by atoms with van der Waals surface area (Å²) in [5.41, 5.74) is 0.398. The second kappa shape index (κ2) is 9.26. The zero-order chi connectivity index (χ0) is 20.9. The number of hydrogen-bond acceptors (Lipinski definition) is 9. The first-order chi connectivity index (χ1) is 14.6. The molecule has 0 aliphatic rings. The van der Waals surface area contributed by atoms with Gasteiger partial charge in [0.15, 0.2) is 16.7 Å². The van der Waals surface area contributed by atoms with Gasteiger partial charge in [0.05, 0.1) is 18.5 Å². The zero-order valence-corrected chi connectivity index (χ0v) is 17.6. The molecule has 0 saturated heterocycles. The van der Waals surface area contributed by atoms with Gasteiger partial charge in [-0.15, -0.1) is 11.3 Å². The van der Waals surface area contributed by atoms with Crippen LogP contribution in [0.2, 0.25) is 0 Å². The Bertz CT molecular complexity index is 1120. The normalized spacial score (nSPS) is 12.0. The van der Waals surface area contributed by atoms with Gasteiger partial charge in [-0.25, -0.2) is 14.6 Å². The van der Waals surface area contributed by atoms with Crippen LogP contribution < -0.4 is 10.1 Å². The Morgan fingerprint density at radius 3 is 2.80 bits per heavy atom. The Balaban J connectivity index is 1.62. The molecule has 1 aromatic carbocycles. The lowest BCUT2D eigenvalue weighted by Gasteiger charge is -2.12. The molecule has 1 atom stereocenters. The number of hydrogen-bond donors (Lipinski definition) is 3. The molecular formula is C20H19N5O3S2. The summed E-state index contributed by atoms with van der Waals surface area (Å²) in [5, 5.41) is 28.3. The zero-order valence-electron chi connectivity index (χ0n) is 16.0. The van der Waals surface area contributed by atoms with Crippen LogP contribution in [0.25, 0.3) is 0 Å². The van der Waals surface area contributed by atoms with Crippen molar-refractivity contribution >= 4 is 34.0 Å². The molecule has 0 saturated carbocycles. The molecule has 8 nitrogen and oxygen atoms in total. The Morgan fingerprint density at radius 1 is 1.23 bits per heavy atom. The van der Waals surface area contributed by atoms with E-state index in [9.17, 15) is 5.11 Å². The van der Waals surface area contributed by atoms with E-state index < -0.39 is 6.10 Å². The van der Waals surface area contributed by atoms with Crippen LogP contribution >= 0.6 is 23.1 Å². The summed E-state index contributed by atoms with van der Waals surface area (Å²) in [5.74, 6) is 1.56. The molecule has 4 aromatic rings. The summed E-state index contributed by atoms with van der Waals surface area (Å²) in [7, 11) is 1.79. The summed E-state index contributed by atoms with van der Waals surface area (Å²) in [6.45, 7) is -0.387. The number of pyridine rings is 1. The molecule has 154 valence electrons. The number of aliphatic hydroxyl groups is 2. The van der Waals surface area contributed by atoms with Gasteiger partial charge < -0.3 is 20.3 Å². The molecule has 10 heteroatoms. The number of thiazole rings is 1. The maximum atomic E-state index is 9.76. The SMILES string of the molecule is Cn1nccc1Oc1cc(Sc2ccccc2)cnc1Nc1nc(C(O)CO)cs1. The molecule has 0 spiro atoms. The van der Waals surface area contributed by atoms with Crippen molar-refractivity contribution in [3.63, 3.8) is 0 Å². The van der Waals surface area contributed by atoms with Crippen LogP contribution in [0, 0.1) is 0 Å². The van der Waals surface area contributed by atoms with Gasteiger partial charge in [0.1, 0.15) is 6.10 Å². The first kappa shape index (κ1) is 20.4. The van der Waals surface area contributed by atoms with Crippen molar-refractivity contribution in [2.45, 2.75) is 15.9 Å². The first-order valence-corrected chi connectivity index (χ1v) is 10.7. The minimum Gasteiger partial charge on any atom is -0.435 e. The molecule has 0 fully saturated rings. The summed E-state index contributed by atoms with van der Waals surface area (Å²) in [6, 6.07) is 13.7. The largest absolute Gasteiger partial charge is 0.435 e. The highest BCUT2D eigenvalue weighted by Gasteiger charge is 2.15. The Hall–Kier alpha value is -2.92. The number of nitrogens with zero attached hydrogens (tertiary/aromatic N) is 4. The van der Waals surface area contributed by atoms with E-state index in [1.165, 1.54) is 11.3 Å². The molecule has 0 amide bonds. The molecule has 30 heavy (non-hydrogen) atoms. The Morgan fingerprint density at radius 2 is 2.07 bits per heavy atom. The summed E-state index contributed by atoms with van der Waals surface area (Å²) < 4.78 is 7.68. The second-order valence-electron chi connectivity index (χ2n) is 6.23. The van der Waals surface area contributed by atoms with Crippen LogP contribution in [0.1, 0.15) is 11.8 Å². The van der Waals surface area contributed by atoms with Gasteiger partial charge in [0.2, 0.25) is 5.88 Å². The quantitative estimate of drug-likeness (QED) is 0.377. The van der Waals surface area contributed by atoms with Crippen molar-refractivity contribution in [1.29, 1.82) is 0 Å². The topological polar surface area (TPSA) is 105 Å². The Kier molecular flexibility index (Phi) is 6.29. The van der Waals surface area contributed by atoms with Gasteiger partial charge in [-0.3, -0.25) is 0 Å². The van der Waals surface area contributed by atoms with Gasteiger partial charge in [-0.2, -0.15) is 5.10 Å². The average Bonchev–Trinajstić information content (AvgIpc) is 3.39. The third-order valence-electron chi connectivity index (χ3n) is 4.06. The number of rotatable bonds is 8. The van der Waals surface area contributed by atoms with Crippen molar-refractivity contribution in [3.05, 3.63) is 65.9 Å². The smallest absolute Gasteiger partial charge is 0.217 e. The van der Waals surface area contributed by atoms with E-state index >= 15 is 0 Å². The van der Waals surface area contributed by atoms with Crippen LogP contribution in [0.3, 0.4) is 0 Å². The van der Waals surface area contributed by atoms with Gasteiger partial charge in [0.25, 0.3) is 0 Å². The molecule has 0 aliphatic carbocycles. The highest BCUT2D eigenvalue weighted by molar-refractivity contribution is 7.99. The minimum atomic E-state index is -1.01. The highest BCUT2D eigenvalue weighted by atomic mass is 32.2. The van der Waals surface area contributed by atoms with E-state index in [2.05, 4.69) is 20.4 Å². The lowest BCUT2D eigenvalue weighted by Crippen LogP contribution is -2.03. The monoisotopic (exact) mass is 441 g/mol. The van der Waals surface area contributed by atoms with Gasteiger partial charge in [-0.05, 0) is 12.1 Å². The molecule has 3 N–H and O–H groups in total. The molecular weight excluding hydrogens is 422 g/mol. The summed E-state index contributed by atoms with van der Waals surface area (Å²) in [4.78, 5) is 10.8. The fourth-order valence-corrected chi connectivity index (χ4v) is 4.14. The standard InChI is InChI=1S/C20H19N5O3S2/c1-25-18(7-8-22-25)28-17-9-14(30-13-5-3-2-4-6-13)10-21-19(17)24-20-23-15(12-29-20)16(27)11-26/h2-10,12,16,26-27H,11H2,1H3,(H,21,23,24). The van der Waals surface area contributed by atoms with E-state index in [-0.39, 0.29) is 6.61 Å². The van der Waals surface area contributed by atoms with Crippen LogP contribution in [-0.4, -0.2) is 36.6 Å². The van der Waals surface area contributed by atoms with E-state index in [0.29, 0.717) is 28.3 Å². The number of anilines is 2. The fraction of sp³-hybridized carbons (Fsp3) is 0.150.